The van der Waals surface area contributed by atoms with E-state index in [9.17, 15) is 5.11 Å². The predicted octanol–water partition coefficient (Wildman–Crippen LogP) is 3.81. The van der Waals surface area contributed by atoms with Gasteiger partial charge in [-0.15, -0.1) is 0 Å². The van der Waals surface area contributed by atoms with Gasteiger partial charge in [0.2, 0.25) is 0 Å². The van der Waals surface area contributed by atoms with Crippen LogP contribution >= 0.6 is 0 Å². The average molecular weight is 250 g/mol. The molecule has 0 saturated heterocycles. The maximum atomic E-state index is 10.3. The number of hydrogen-bond donors (Lipinski definition) is 1. The van der Waals surface area contributed by atoms with E-state index in [1.165, 1.54) is 0 Å². The number of benzene rings is 1. The Morgan fingerprint density at radius 1 is 1.00 bits per heavy atom. The summed E-state index contributed by atoms with van der Waals surface area (Å²) in [7, 11) is 1.75. The molecular formula is C16H26O2. The lowest BCUT2D eigenvalue weighted by molar-refractivity contribution is 0.0594. The standard InChI is InChI=1S/C16H26O2/c1-12(14(3)18-4)10-11-13(2)16(17)15-8-6-5-7-9-15/h5-9,12-14,16-17H,10-11H2,1-4H3/t12-,13-,14-,16+/m0/s1. The number of aliphatic hydroxyl groups excluding tert-OH is 1. The molecular weight excluding hydrogens is 224 g/mol. The summed E-state index contributed by atoms with van der Waals surface area (Å²) >= 11 is 0. The molecule has 1 rings (SSSR count). The zero-order valence-electron chi connectivity index (χ0n) is 12.0. The van der Waals surface area contributed by atoms with Crippen LogP contribution in [-0.4, -0.2) is 18.3 Å². The zero-order chi connectivity index (χ0) is 13.5. The topological polar surface area (TPSA) is 29.5 Å². The monoisotopic (exact) mass is 250 g/mol. The molecule has 1 aromatic rings. The highest BCUT2D eigenvalue weighted by Gasteiger charge is 2.18. The van der Waals surface area contributed by atoms with E-state index < -0.39 is 0 Å². The zero-order valence-corrected chi connectivity index (χ0v) is 12.0. The summed E-state index contributed by atoms with van der Waals surface area (Å²) in [5, 5.41) is 10.3. The molecule has 4 atom stereocenters. The number of rotatable bonds is 7. The van der Waals surface area contributed by atoms with Crippen LogP contribution in [0.15, 0.2) is 30.3 Å². The maximum absolute atomic E-state index is 10.3. The Kier molecular flexibility index (Phi) is 6.37. The fourth-order valence-corrected chi connectivity index (χ4v) is 2.13. The van der Waals surface area contributed by atoms with Gasteiger partial charge in [0.1, 0.15) is 0 Å². The second-order valence-electron chi connectivity index (χ2n) is 5.33. The van der Waals surface area contributed by atoms with Crippen molar-refractivity contribution in [3.8, 4) is 0 Å². The Labute approximate surface area is 111 Å². The Balaban J connectivity index is 2.43. The average Bonchev–Trinajstić information content (AvgIpc) is 2.43. The predicted molar refractivity (Wildman–Crippen MR) is 75.4 cm³/mol. The number of ether oxygens (including phenoxy) is 1. The second-order valence-corrected chi connectivity index (χ2v) is 5.33. The van der Waals surface area contributed by atoms with Gasteiger partial charge in [0.05, 0.1) is 12.2 Å². The van der Waals surface area contributed by atoms with Gasteiger partial charge in [-0.3, -0.25) is 0 Å². The van der Waals surface area contributed by atoms with Crippen molar-refractivity contribution in [2.24, 2.45) is 11.8 Å². The third-order valence-electron chi connectivity index (χ3n) is 3.93. The third-order valence-corrected chi connectivity index (χ3v) is 3.93. The summed E-state index contributed by atoms with van der Waals surface area (Å²) in [6.07, 6.45) is 2.02. The Morgan fingerprint density at radius 2 is 1.56 bits per heavy atom. The summed E-state index contributed by atoms with van der Waals surface area (Å²) in [6, 6.07) is 9.90. The van der Waals surface area contributed by atoms with E-state index in [-0.39, 0.29) is 18.1 Å². The van der Waals surface area contributed by atoms with Gasteiger partial charge in [-0.1, -0.05) is 44.2 Å². The first-order valence-electron chi connectivity index (χ1n) is 6.82. The Morgan fingerprint density at radius 3 is 2.11 bits per heavy atom. The Bertz CT molecular complexity index is 323. The fourth-order valence-electron chi connectivity index (χ4n) is 2.13. The molecule has 102 valence electrons. The van der Waals surface area contributed by atoms with Gasteiger partial charge in [0, 0.05) is 7.11 Å². The van der Waals surface area contributed by atoms with Crippen LogP contribution in [0.3, 0.4) is 0 Å². The van der Waals surface area contributed by atoms with Crippen LogP contribution in [0.1, 0.15) is 45.3 Å². The second kappa shape index (κ2) is 7.55. The van der Waals surface area contributed by atoms with E-state index >= 15 is 0 Å². The highest BCUT2D eigenvalue weighted by molar-refractivity contribution is 5.17. The van der Waals surface area contributed by atoms with Crippen molar-refractivity contribution in [3.05, 3.63) is 35.9 Å². The van der Waals surface area contributed by atoms with Crippen LogP contribution in [0.25, 0.3) is 0 Å². The normalized spacial score (nSPS) is 18.1. The quantitative estimate of drug-likeness (QED) is 0.797. The van der Waals surface area contributed by atoms with Gasteiger partial charge in [-0.25, -0.2) is 0 Å². The minimum absolute atomic E-state index is 0.277. The molecule has 0 bridgehead atoms. The van der Waals surface area contributed by atoms with Crippen molar-refractivity contribution in [1.29, 1.82) is 0 Å². The summed E-state index contributed by atoms with van der Waals surface area (Å²) in [5.74, 6) is 0.805. The van der Waals surface area contributed by atoms with Crippen molar-refractivity contribution < 1.29 is 9.84 Å². The number of hydrogen-bond acceptors (Lipinski definition) is 2. The largest absolute Gasteiger partial charge is 0.388 e. The van der Waals surface area contributed by atoms with Gasteiger partial charge in [0.15, 0.2) is 0 Å². The Hall–Kier alpha value is -0.860. The molecule has 0 saturated carbocycles. The first kappa shape index (κ1) is 15.2. The summed E-state index contributed by atoms with van der Waals surface area (Å²) < 4.78 is 5.33. The summed E-state index contributed by atoms with van der Waals surface area (Å²) in [6.45, 7) is 6.42. The smallest absolute Gasteiger partial charge is 0.0815 e. The third kappa shape index (κ3) is 4.43. The molecule has 18 heavy (non-hydrogen) atoms. The molecule has 2 nitrogen and oxygen atoms in total. The van der Waals surface area contributed by atoms with Crippen LogP contribution < -0.4 is 0 Å². The van der Waals surface area contributed by atoms with Crippen molar-refractivity contribution >= 4 is 0 Å². The van der Waals surface area contributed by atoms with Gasteiger partial charge in [-0.2, -0.15) is 0 Å². The molecule has 0 aliphatic carbocycles. The van der Waals surface area contributed by atoms with Crippen LogP contribution in [0, 0.1) is 11.8 Å². The summed E-state index contributed by atoms with van der Waals surface area (Å²) in [4.78, 5) is 0. The highest BCUT2D eigenvalue weighted by Crippen LogP contribution is 2.27. The summed E-state index contributed by atoms with van der Waals surface area (Å²) in [5.41, 5.74) is 1.01. The molecule has 0 aliphatic rings. The van der Waals surface area contributed by atoms with Crippen LogP contribution in [0.4, 0.5) is 0 Å². The van der Waals surface area contributed by atoms with E-state index in [1.807, 2.05) is 30.3 Å². The molecule has 0 fully saturated rings. The minimum Gasteiger partial charge on any atom is -0.388 e. The van der Waals surface area contributed by atoms with E-state index in [0.717, 1.165) is 18.4 Å². The van der Waals surface area contributed by atoms with Gasteiger partial charge >= 0.3 is 0 Å². The molecule has 0 spiro atoms. The first-order chi connectivity index (χ1) is 8.56. The molecule has 2 heteroatoms. The van der Waals surface area contributed by atoms with Crippen LogP contribution in [-0.2, 0) is 4.74 Å². The maximum Gasteiger partial charge on any atom is 0.0815 e. The van der Waals surface area contributed by atoms with E-state index in [1.54, 1.807) is 7.11 Å². The number of methoxy groups -OCH3 is 1. The van der Waals surface area contributed by atoms with Crippen LogP contribution in [0.2, 0.25) is 0 Å². The lowest BCUT2D eigenvalue weighted by atomic mass is 9.89. The SMILES string of the molecule is CO[C@@H](C)[C@@H](C)CC[C@H](C)[C@@H](O)c1ccccc1. The van der Waals surface area contributed by atoms with Gasteiger partial charge in [-0.05, 0) is 37.2 Å². The lowest BCUT2D eigenvalue weighted by Crippen LogP contribution is -2.18. The minimum atomic E-state index is -0.365. The lowest BCUT2D eigenvalue weighted by Gasteiger charge is -2.23. The van der Waals surface area contributed by atoms with Crippen molar-refractivity contribution in [2.45, 2.75) is 45.8 Å². The molecule has 0 aliphatic heterocycles. The molecule has 0 unspecified atom stereocenters. The van der Waals surface area contributed by atoms with Gasteiger partial charge < -0.3 is 9.84 Å². The molecule has 0 radical (unpaired) electrons. The molecule has 1 N–H and O–H groups in total. The molecule has 1 aromatic carbocycles. The van der Waals surface area contributed by atoms with E-state index in [2.05, 4.69) is 20.8 Å². The fraction of sp³-hybridized carbons (Fsp3) is 0.625. The van der Waals surface area contributed by atoms with Crippen molar-refractivity contribution in [2.75, 3.05) is 7.11 Å². The van der Waals surface area contributed by atoms with Crippen molar-refractivity contribution in [3.63, 3.8) is 0 Å². The molecule has 0 amide bonds. The van der Waals surface area contributed by atoms with E-state index in [0.29, 0.717) is 5.92 Å². The molecule has 0 aromatic heterocycles. The van der Waals surface area contributed by atoms with E-state index in [4.69, 9.17) is 4.74 Å². The van der Waals surface area contributed by atoms with Crippen molar-refractivity contribution in [1.82, 2.24) is 0 Å². The number of aliphatic hydroxyl groups is 1. The van der Waals surface area contributed by atoms with Gasteiger partial charge in [0.25, 0.3) is 0 Å². The van der Waals surface area contributed by atoms with Crippen LogP contribution in [0.5, 0.6) is 0 Å². The first-order valence-corrected chi connectivity index (χ1v) is 6.82. The molecule has 0 heterocycles. The highest BCUT2D eigenvalue weighted by atomic mass is 16.5.